The van der Waals surface area contributed by atoms with Gasteiger partial charge < -0.3 is 14.3 Å². The Morgan fingerprint density at radius 2 is 2.24 bits per heavy atom. The Labute approximate surface area is 104 Å². The molecule has 0 saturated carbocycles. The van der Waals surface area contributed by atoms with E-state index in [1.165, 1.54) is 6.07 Å². The van der Waals surface area contributed by atoms with Gasteiger partial charge in [0.05, 0.1) is 17.6 Å². The summed E-state index contributed by atoms with van der Waals surface area (Å²) in [7, 11) is 0. The quantitative estimate of drug-likeness (QED) is 0.671. The van der Waals surface area contributed by atoms with Crippen LogP contribution in [0, 0.1) is 17.5 Å². The van der Waals surface area contributed by atoms with E-state index in [4.69, 9.17) is 17.0 Å². The number of aryl methyl sites for hydroxylation is 1. The molecule has 0 fully saturated rings. The fraction of sp³-hybridized carbons (Fsp3) is 0.417. The number of rotatable bonds is 4. The summed E-state index contributed by atoms with van der Waals surface area (Å²) in [4.78, 5) is 3.00. The van der Waals surface area contributed by atoms with Crippen LogP contribution in [0.4, 0.5) is 4.39 Å². The first kappa shape index (κ1) is 12.3. The molecule has 0 saturated heterocycles. The predicted molar refractivity (Wildman–Crippen MR) is 68.3 cm³/mol. The molecule has 0 unspecified atom stereocenters. The minimum Gasteiger partial charge on any atom is -0.380 e. The highest BCUT2D eigenvalue weighted by Gasteiger charge is 2.07. The van der Waals surface area contributed by atoms with Crippen LogP contribution in [0.5, 0.6) is 0 Å². The van der Waals surface area contributed by atoms with Crippen LogP contribution in [0.25, 0.3) is 11.0 Å². The predicted octanol–water partition coefficient (Wildman–Crippen LogP) is 3.18. The van der Waals surface area contributed by atoms with E-state index < -0.39 is 0 Å². The second-order valence-corrected chi connectivity index (χ2v) is 4.28. The van der Waals surface area contributed by atoms with Crippen LogP contribution in [0.2, 0.25) is 0 Å². The zero-order chi connectivity index (χ0) is 12.4. The highest BCUT2D eigenvalue weighted by atomic mass is 32.1. The summed E-state index contributed by atoms with van der Waals surface area (Å²) in [5.41, 5.74) is 2.28. The van der Waals surface area contributed by atoms with Crippen molar-refractivity contribution in [2.45, 2.75) is 20.4 Å². The van der Waals surface area contributed by atoms with E-state index in [9.17, 15) is 4.39 Å². The van der Waals surface area contributed by atoms with Crippen LogP contribution < -0.4 is 0 Å². The van der Waals surface area contributed by atoms with Crippen molar-refractivity contribution in [2.24, 2.45) is 0 Å². The molecule has 0 aliphatic carbocycles. The molecule has 2 aromatic rings. The number of aromatic amines is 1. The summed E-state index contributed by atoms with van der Waals surface area (Å²) < 4.78 is 21.3. The van der Waals surface area contributed by atoms with Crippen LogP contribution in [0.15, 0.2) is 12.1 Å². The van der Waals surface area contributed by atoms with Crippen molar-refractivity contribution in [1.29, 1.82) is 0 Å². The van der Waals surface area contributed by atoms with E-state index in [1.807, 2.05) is 17.6 Å². The zero-order valence-electron chi connectivity index (χ0n) is 9.92. The molecule has 5 heteroatoms. The maximum absolute atomic E-state index is 13.4. The highest BCUT2D eigenvalue weighted by Crippen LogP contribution is 2.18. The number of nitrogens with zero attached hydrogens (tertiary/aromatic N) is 1. The first-order chi connectivity index (χ1) is 8.13. The fourth-order valence-electron chi connectivity index (χ4n) is 1.80. The van der Waals surface area contributed by atoms with Crippen molar-refractivity contribution in [1.82, 2.24) is 9.55 Å². The van der Waals surface area contributed by atoms with Crippen molar-refractivity contribution in [3.8, 4) is 0 Å². The van der Waals surface area contributed by atoms with Gasteiger partial charge in [-0.15, -0.1) is 0 Å². The summed E-state index contributed by atoms with van der Waals surface area (Å²) in [6, 6.07) is 3.29. The Kier molecular flexibility index (Phi) is 3.59. The maximum atomic E-state index is 13.4. The van der Waals surface area contributed by atoms with E-state index in [0.717, 1.165) is 11.0 Å². The number of imidazole rings is 1. The number of H-pyrrole nitrogens is 1. The molecule has 1 N–H and O–H groups in total. The number of halogens is 1. The van der Waals surface area contributed by atoms with Crippen LogP contribution in [-0.4, -0.2) is 22.8 Å². The molecule has 0 spiro atoms. The lowest BCUT2D eigenvalue weighted by Gasteiger charge is -2.05. The van der Waals surface area contributed by atoms with Gasteiger partial charge >= 0.3 is 0 Å². The van der Waals surface area contributed by atoms with Crippen LogP contribution in [0.1, 0.15) is 12.5 Å². The number of ether oxygens (including phenoxy) is 1. The molecule has 1 aromatic carbocycles. The summed E-state index contributed by atoms with van der Waals surface area (Å²) in [5, 5.41) is 0. The number of fused-ring (bicyclic) bond motifs is 1. The first-order valence-corrected chi connectivity index (χ1v) is 6.00. The smallest absolute Gasteiger partial charge is 0.178 e. The lowest BCUT2D eigenvalue weighted by Crippen LogP contribution is -2.05. The van der Waals surface area contributed by atoms with E-state index in [0.29, 0.717) is 30.1 Å². The molecule has 0 bridgehead atoms. The number of hydrogen-bond donors (Lipinski definition) is 1. The second kappa shape index (κ2) is 4.98. The Morgan fingerprint density at radius 3 is 2.94 bits per heavy atom. The van der Waals surface area contributed by atoms with E-state index >= 15 is 0 Å². The minimum atomic E-state index is -0.217. The number of hydrogen-bond acceptors (Lipinski definition) is 2. The Morgan fingerprint density at radius 1 is 1.47 bits per heavy atom. The van der Waals surface area contributed by atoms with E-state index in [-0.39, 0.29) is 5.82 Å². The third kappa shape index (κ3) is 2.40. The summed E-state index contributed by atoms with van der Waals surface area (Å²) in [5.74, 6) is -0.217. The van der Waals surface area contributed by atoms with Gasteiger partial charge in [0.2, 0.25) is 0 Å². The Bertz CT molecular complexity index is 588. The third-order valence-electron chi connectivity index (χ3n) is 2.72. The maximum Gasteiger partial charge on any atom is 0.178 e. The van der Waals surface area contributed by atoms with E-state index in [1.54, 1.807) is 6.92 Å². The lowest BCUT2D eigenvalue weighted by molar-refractivity contribution is 0.139. The molecule has 0 aliphatic heterocycles. The van der Waals surface area contributed by atoms with Gasteiger partial charge in [-0.05, 0) is 43.8 Å². The summed E-state index contributed by atoms with van der Waals surface area (Å²) >= 11 is 5.22. The molecule has 92 valence electrons. The van der Waals surface area contributed by atoms with E-state index in [2.05, 4.69) is 4.98 Å². The number of aromatic nitrogens is 2. The number of nitrogens with one attached hydrogen (secondary N) is 1. The second-order valence-electron chi connectivity index (χ2n) is 3.90. The van der Waals surface area contributed by atoms with Gasteiger partial charge in [0, 0.05) is 13.2 Å². The Balaban J connectivity index is 2.44. The van der Waals surface area contributed by atoms with Gasteiger partial charge in [-0.2, -0.15) is 0 Å². The van der Waals surface area contributed by atoms with Crippen LogP contribution in [0.3, 0.4) is 0 Å². The molecular formula is C12H15FN2OS. The highest BCUT2D eigenvalue weighted by molar-refractivity contribution is 7.71. The molecule has 3 nitrogen and oxygen atoms in total. The van der Waals surface area contributed by atoms with Crippen LogP contribution in [-0.2, 0) is 11.3 Å². The third-order valence-corrected chi connectivity index (χ3v) is 3.04. The number of benzene rings is 1. The standard InChI is InChI=1S/C12H15FN2OS/c1-3-16-5-4-15-11-6-8(2)9(13)7-10(11)14-12(15)17/h6-7H,3-5H2,1-2H3,(H,14,17). The first-order valence-electron chi connectivity index (χ1n) is 5.60. The van der Waals surface area contributed by atoms with Crippen LogP contribution >= 0.6 is 12.2 Å². The lowest BCUT2D eigenvalue weighted by atomic mass is 10.2. The van der Waals surface area contributed by atoms with Crippen molar-refractivity contribution >= 4 is 23.3 Å². The minimum absolute atomic E-state index is 0.217. The van der Waals surface area contributed by atoms with Crippen molar-refractivity contribution in [3.05, 3.63) is 28.3 Å². The average Bonchev–Trinajstić information content (AvgIpc) is 2.57. The van der Waals surface area contributed by atoms with Gasteiger partial charge in [0.15, 0.2) is 4.77 Å². The molecule has 0 amide bonds. The molecule has 0 atom stereocenters. The molecule has 2 rings (SSSR count). The van der Waals surface area contributed by atoms with Crippen molar-refractivity contribution in [3.63, 3.8) is 0 Å². The van der Waals surface area contributed by atoms with Gasteiger partial charge in [-0.3, -0.25) is 0 Å². The van der Waals surface area contributed by atoms with Gasteiger partial charge in [0.1, 0.15) is 5.82 Å². The molecule has 0 aliphatic rings. The monoisotopic (exact) mass is 254 g/mol. The SMILES string of the molecule is CCOCCn1c(=S)[nH]c2cc(F)c(C)cc21. The molecule has 17 heavy (non-hydrogen) atoms. The molecule has 1 heterocycles. The molecule has 1 aromatic heterocycles. The molecule has 0 radical (unpaired) electrons. The topological polar surface area (TPSA) is 29.9 Å². The summed E-state index contributed by atoms with van der Waals surface area (Å²) in [6.45, 7) is 5.67. The zero-order valence-corrected chi connectivity index (χ0v) is 10.7. The fourth-order valence-corrected chi connectivity index (χ4v) is 2.10. The largest absolute Gasteiger partial charge is 0.380 e. The van der Waals surface area contributed by atoms with Crippen molar-refractivity contribution in [2.75, 3.05) is 13.2 Å². The summed E-state index contributed by atoms with van der Waals surface area (Å²) in [6.07, 6.45) is 0. The van der Waals surface area contributed by atoms with Gasteiger partial charge in [-0.25, -0.2) is 4.39 Å². The Hall–Kier alpha value is -1.20. The average molecular weight is 254 g/mol. The molecular weight excluding hydrogens is 239 g/mol. The van der Waals surface area contributed by atoms with Gasteiger partial charge in [0.25, 0.3) is 0 Å². The van der Waals surface area contributed by atoms with Crippen molar-refractivity contribution < 1.29 is 9.13 Å². The van der Waals surface area contributed by atoms with Gasteiger partial charge in [-0.1, -0.05) is 0 Å². The normalized spacial score (nSPS) is 11.2.